The number of hydrogen-bond acceptors (Lipinski definition) is 2. The standard InChI is InChI=1S/C14H28N2/c1-4-8-15-11-13(3)12-16-9-6-14(5-2)7-10-16/h14-15H,3-12H2,1-2H3. The van der Waals surface area contributed by atoms with E-state index in [-0.39, 0.29) is 0 Å². The van der Waals surface area contributed by atoms with E-state index >= 15 is 0 Å². The molecule has 1 aliphatic rings. The van der Waals surface area contributed by atoms with Crippen LogP contribution >= 0.6 is 0 Å². The smallest absolute Gasteiger partial charge is 0.0202 e. The predicted octanol–water partition coefficient (Wildman–Crippen LogP) is 2.66. The van der Waals surface area contributed by atoms with Crippen LogP contribution in [-0.4, -0.2) is 37.6 Å². The van der Waals surface area contributed by atoms with Gasteiger partial charge in [-0.1, -0.05) is 26.8 Å². The number of rotatable bonds is 7. The van der Waals surface area contributed by atoms with Crippen molar-refractivity contribution in [3.05, 3.63) is 12.2 Å². The molecule has 1 heterocycles. The molecule has 0 bridgehead atoms. The van der Waals surface area contributed by atoms with Crippen LogP contribution in [0.5, 0.6) is 0 Å². The molecule has 1 fully saturated rings. The fourth-order valence-electron chi connectivity index (χ4n) is 2.37. The molecule has 1 rings (SSSR count). The Labute approximate surface area is 101 Å². The Hall–Kier alpha value is -0.340. The van der Waals surface area contributed by atoms with Gasteiger partial charge in [0.05, 0.1) is 0 Å². The molecule has 0 unspecified atom stereocenters. The van der Waals surface area contributed by atoms with Crippen LogP contribution in [0, 0.1) is 5.92 Å². The molecule has 2 nitrogen and oxygen atoms in total. The van der Waals surface area contributed by atoms with Crippen LogP contribution in [-0.2, 0) is 0 Å². The zero-order chi connectivity index (χ0) is 11.8. The minimum Gasteiger partial charge on any atom is -0.313 e. The maximum absolute atomic E-state index is 4.16. The van der Waals surface area contributed by atoms with Crippen LogP contribution < -0.4 is 5.32 Å². The zero-order valence-corrected chi connectivity index (χ0v) is 11.1. The first kappa shape index (κ1) is 13.7. The molecule has 0 atom stereocenters. The average molecular weight is 224 g/mol. The molecule has 1 saturated heterocycles. The van der Waals surface area contributed by atoms with Crippen LogP contribution in [0.3, 0.4) is 0 Å². The highest BCUT2D eigenvalue weighted by molar-refractivity contribution is 5.00. The molecular formula is C14H28N2. The van der Waals surface area contributed by atoms with E-state index in [4.69, 9.17) is 0 Å². The lowest BCUT2D eigenvalue weighted by atomic mass is 9.94. The minimum atomic E-state index is 0.975. The summed E-state index contributed by atoms with van der Waals surface area (Å²) in [6.07, 6.45) is 5.32. The summed E-state index contributed by atoms with van der Waals surface area (Å²) >= 11 is 0. The fraction of sp³-hybridized carbons (Fsp3) is 0.857. The molecular weight excluding hydrogens is 196 g/mol. The van der Waals surface area contributed by atoms with E-state index in [9.17, 15) is 0 Å². The van der Waals surface area contributed by atoms with Crippen molar-refractivity contribution in [1.29, 1.82) is 0 Å². The van der Waals surface area contributed by atoms with Crippen LogP contribution in [0.1, 0.15) is 39.5 Å². The van der Waals surface area contributed by atoms with Gasteiger partial charge in [-0.3, -0.25) is 4.90 Å². The second-order valence-electron chi connectivity index (χ2n) is 5.05. The van der Waals surface area contributed by atoms with Crippen molar-refractivity contribution in [3.8, 4) is 0 Å². The molecule has 1 N–H and O–H groups in total. The Morgan fingerprint density at radius 1 is 1.31 bits per heavy atom. The number of nitrogens with zero attached hydrogens (tertiary/aromatic N) is 1. The third-order valence-electron chi connectivity index (χ3n) is 3.53. The van der Waals surface area contributed by atoms with E-state index in [0.717, 1.165) is 25.6 Å². The van der Waals surface area contributed by atoms with Gasteiger partial charge in [-0.25, -0.2) is 0 Å². The molecule has 0 aromatic heterocycles. The van der Waals surface area contributed by atoms with Gasteiger partial charge in [-0.05, 0) is 50.4 Å². The van der Waals surface area contributed by atoms with E-state index in [1.54, 1.807) is 0 Å². The zero-order valence-electron chi connectivity index (χ0n) is 11.1. The van der Waals surface area contributed by atoms with Crippen molar-refractivity contribution in [1.82, 2.24) is 10.2 Å². The lowest BCUT2D eigenvalue weighted by Gasteiger charge is -2.31. The molecule has 0 aromatic rings. The van der Waals surface area contributed by atoms with Crippen molar-refractivity contribution >= 4 is 0 Å². The highest BCUT2D eigenvalue weighted by Gasteiger charge is 2.17. The van der Waals surface area contributed by atoms with Gasteiger partial charge in [-0.15, -0.1) is 0 Å². The number of likely N-dealkylation sites (tertiary alicyclic amines) is 1. The van der Waals surface area contributed by atoms with Gasteiger partial charge in [0.2, 0.25) is 0 Å². The first-order valence-corrected chi connectivity index (χ1v) is 6.86. The summed E-state index contributed by atoms with van der Waals surface area (Å²) in [4.78, 5) is 2.56. The van der Waals surface area contributed by atoms with Crippen LogP contribution in [0.15, 0.2) is 12.2 Å². The van der Waals surface area contributed by atoms with Crippen LogP contribution in [0.4, 0.5) is 0 Å². The normalized spacial score (nSPS) is 18.9. The monoisotopic (exact) mass is 224 g/mol. The molecule has 16 heavy (non-hydrogen) atoms. The van der Waals surface area contributed by atoms with Crippen molar-refractivity contribution < 1.29 is 0 Å². The Morgan fingerprint density at radius 2 is 2.00 bits per heavy atom. The molecule has 0 aromatic carbocycles. The van der Waals surface area contributed by atoms with Gasteiger partial charge in [0.1, 0.15) is 0 Å². The average Bonchev–Trinajstić information content (AvgIpc) is 2.30. The largest absolute Gasteiger partial charge is 0.313 e. The highest BCUT2D eigenvalue weighted by Crippen LogP contribution is 2.20. The molecule has 0 spiro atoms. The van der Waals surface area contributed by atoms with E-state index in [1.807, 2.05) is 0 Å². The molecule has 1 aliphatic heterocycles. The Bertz CT molecular complexity index is 193. The van der Waals surface area contributed by atoms with E-state index < -0.39 is 0 Å². The molecule has 0 saturated carbocycles. The lowest BCUT2D eigenvalue weighted by Crippen LogP contribution is -2.36. The van der Waals surface area contributed by atoms with Crippen LogP contribution in [0.2, 0.25) is 0 Å². The van der Waals surface area contributed by atoms with Gasteiger partial charge in [-0.2, -0.15) is 0 Å². The fourth-order valence-corrected chi connectivity index (χ4v) is 2.37. The predicted molar refractivity (Wildman–Crippen MR) is 71.8 cm³/mol. The van der Waals surface area contributed by atoms with Gasteiger partial charge in [0.15, 0.2) is 0 Å². The maximum Gasteiger partial charge on any atom is 0.0202 e. The SMILES string of the molecule is C=C(CNCCC)CN1CCC(CC)CC1. The van der Waals surface area contributed by atoms with Crippen LogP contribution in [0.25, 0.3) is 0 Å². The summed E-state index contributed by atoms with van der Waals surface area (Å²) in [7, 11) is 0. The summed E-state index contributed by atoms with van der Waals surface area (Å²) in [5.41, 5.74) is 1.34. The van der Waals surface area contributed by atoms with E-state index in [2.05, 4.69) is 30.6 Å². The minimum absolute atomic E-state index is 0.975. The van der Waals surface area contributed by atoms with E-state index in [1.165, 1.54) is 44.3 Å². The third kappa shape index (κ3) is 5.13. The van der Waals surface area contributed by atoms with Gasteiger partial charge in [0, 0.05) is 13.1 Å². The van der Waals surface area contributed by atoms with Gasteiger partial charge < -0.3 is 5.32 Å². The van der Waals surface area contributed by atoms with Crippen molar-refractivity contribution in [2.75, 3.05) is 32.7 Å². The van der Waals surface area contributed by atoms with E-state index in [0.29, 0.717) is 0 Å². The molecule has 94 valence electrons. The number of piperidine rings is 1. The van der Waals surface area contributed by atoms with Crippen molar-refractivity contribution in [2.45, 2.75) is 39.5 Å². The molecule has 2 heteroatoms. The molecule has 0 radical (unpaired) electrons. The summed E-state index contributed by atoms with van der Waals surface area (Å²) in [5, 5.41) is 3.42. The first-order chi connectivity index (χ1) is 7.76. The van der Waals surface area contributed by atoms with Gasteiger partial charge in [0.25, 0.3) is 0 Å². The molecule has 0 amide bonds. The Kier molecular flexibility index (Phi) is 6.74. The number of nitrogens with one attached hydrogen (secondary N) is 1. The Balaban J connectivity index is 2.10. The second kappa shape index (κ2) is 7.86. The maximum atomic E-state index is 4.16. The summed E-state index contributed by atoms with van der Waals surface area (Å²) in [6, 6.07) is 0. The summed E-state index contributed by atoms with van der Waals surface area (Å²) in [6.45, 7) is 14.4. The molecule has 0 aliphatic carbocycles. The number of hydrogen-bond donors (Lipinski definition) is 1. The summed E-state index contributed by atoms with van der Waals surface area (Å²) < 4.78 is 0. The second-order valence-corrected chi connectivity index (χ2v) is 5.05. The van der Waals surface area contributed by atoms with Gasteiger partial charge >= 0.3 is 0 Å². The lowest BCUT2D eigenvalue weighted by molar-refractivity contribution is 0.194. The highest BCUT2D eigenvalue weighted by atomic mass is 15.1. The van der Waals surface area contributed by atoms with Crippen molar-refractivity contribution in [3.63, 3.8) is 0 Å². The Morgan fingerprint density at radius 3 is 2.56 bits per heavy atom. The topological polar surface area (TPSA) is 15.3 Å². The summed E-state index contributed by atoms with van der Waals surface area (Å²) in [5.74, 6) is 0.975. The van der Waals surface area contributed by atoms with Crippen molar-refractivity contribution in [2.24, 2.45) is 5.92 Å². The quantitative estimate of drug-likeness (QED) is 0.528. The third-order valence-corrected chi connectivity index (χ3v) is 3.53. The first-order valence-electron chi connectivity index (χ1n) is 6.86.